The number of hydrogen-bond donors (Lipinski definition) is 2. The maximum Gasteiger partial charge on any atom is 0.269 e. The van der Waals surface area contributed by atoms with Crippen LogP contribution in [0.5, 0.6) is 0 Å². The third kappa shape index (κ3) is 4.40. The fourth-order valence-corrected chi connectivity index (χ4v) is 3.20. The van der Waals surface area contributed by atoms with E-state index in [9.17, 15) is 19.7 Å². The van der Waals surface area contributed by atoms with Crippen molar-refractivity contribution in [2.24, 2.45) is 0 Å². The number of amides is 2. The molecule has 0 saturated heterocycles. The highest BCUT2D eigenvalue weighted by atomic mass is 16.6. The van der Waals surface area contributed by atoms with Gasteiger partial charge in [-0.25, -0.2) is 0 Å². The van der Waals surface area contributed by atoms with Gasteiger partial charge in [-0.1, -0.05) is 36.4 Å². The van der Waals surface area contributed by atoms with Crippen LogP contribution in [-0.4, -0.2) is 16.7 Å². The molecule has 7 nitrogen and oxygen atoms in total. The molecule has 0 aliphatic heterocycles. The molecule has 0 radical (unpaired) electrons. The topological polar surface area (TPSA) is 101 Å². The van der Waals surface area contributed by atoms with Crippen LogP contribution in [0.4, 0.5) is 17.1 Å². The molecule has 0 unspecified atom stereocenters. The lowest BCUT2D eigenvalue weighted by molar-refractivity contribution is -0.384. The normalized spacial score (nSPS) is 10.5. The molecule has 0 aliphatic rings. The van der Waals surface area contributed by atoms with Gasteiger partial charge < -0.3 is 10.6 Å². The van der Waals surface area contributed by atoms with E-state index in [1.165, 1.54) is 24.3 Å². The van der Waals surface area contributed by atoms with E-state index < -0.39 is 4.92 Å². The molecule has 7 heteroatoms. The first-order valence-electron chi connectivity index (χ1n) is 9.46. The van der Waals surface area contributed by atoms with Gasteiger partial charge in [0.05, 0.1) is 4.92 Å². The molecule has 0 heterocycles. The van der Waals surface area contributed by atoms with Crippen LogP contribution in [0.25, 0.3) is 10.8 Å². The molecule has 0 aromatic heterocycles. The van der Waals surface area contributed by atoms with Gasteiger partial charge in [-0.05, 0) is 53.2 Å². The van der Waals surface area contributed by atoms with Crippen LogP contribution < -0.4 is 10.6 Å². The smallest absolute Gasteiger partial charge is 0.269 e. The number of fused-ring (bicyclic) bond motifs is 1. The minimum absolute atomic E-state index is 0.0516. The standard InChI is InChI=1S/C24H17N3O4/c28-23(25-19-12-14-20(15-13-19)27(30)31)17-8-10-18(11-9-17)26-24(29)22-7-3-5-16-4-1-2-6-21(16)22/h1-15H,(H,25,28)(H,26,29). The summed E-state index contributed by atoms with van der Waals surface area (Å²) in [5, 5.41) is 18.1. The van der Waals surface area contributed by atoms with E-state index >= 15 is 0 Å². The molecular weight excluding hydrogens is 394 g/mol. The second-order valence-electron chi connectivity index (χ2n) is 6.82. The number of hydrogen-bond acceptors (Lipinski definition) is 4. The molecule has 4 aromatic carbocycles. The van der Waals surface area contributed by atoms with Crippen LogP contribution in [0.2, 0.25) is 0 Å². The molecule has 0 saturated carbocycles. The van der Waals surface area contributed by atoms with Gasteiger partial charge >= 0.3 is 0 Å². The van der Waals surface area contributed by atoms with Crippen molar-refractivity contribution in [3.63, 3.8) is 0 Å². The van der Waals surface area contributed by atoms with Crippen LogP contribution in [0.15, 0.2) is 91.0 Å². The quantitative estimate of drug-likeness (QED) is 0.346. The van der Waals surface area contributed by atoms with Gasteiger partial charge in [0.25, 0.3) is 17.5 Å². The summed E-state index contributed by atoms with van der Waals surface area (Å²) in [6.45, 7) is 0. The van der Waals surface area contributed by atoms with Crippen molar-refractivity contribution in [2.45, 2.75) is 0 Å². The van der Waals surface area contributed by atoms with Crippen LogP contribution >= 0.6 is 0 Å². The lowest BCUT2D eigenvalue weighted by Crippen LogP contribution is -2.14. The second-order valence-corrected chi connectivity index (χ2v) is 6.82. The van der Waals surface area contributed by atoms with Gasteiger partial charge in [0, 0.05) is 34.6 Å². The van der Waals surface area contributed by atoms with Crippen LogP contribution in [-0.2, 0) is 0 Å². The largest absolute Gasteiger partial charge is 0.322 e. The zero-order valence-electron chi connectivity index (χ0n) is 16.2. The molecule has 0 atom stereocenters. The summed E-state index contributed by atoms with van der Waals surface area (Å²) in [7, 11) is 0. The molecule has 0 fully saturated rings. The Morgan fingerprint density at radius 1 is 0.677 bits per heavy atom. The number of benzene rings is 4. The Labute approximate surface area is 177 Å². The highest BCUT2D eigenvalue weighted by Gasteiger charge is 2.12. The number of non-ortho nitro benzene ring substituents is 1. The summed E-state index contributed by atoms with van der Waals surface area (Å²) in [6, 6.07) is 25.3. The maximum atomic E-state index is 12.7. The molecule has 0 bridgehead atoms. The highest BCUT2D eigenvalue weighted by Crippen LogP contribution is 2.21. The molecule has 2 amide bonds. The zero-order valence-corrected chi connectivity index (χ0v) is 16.2. The molecule has 4 aromatic rings. The monoisotopic (exact) mass is 411 g/mol. The Balaban J connectivity index is 1.44. The highest BCUT2D eigenvalue weighted by molar-refractivity contribution is 6.13. The Morgan fingerprint density at radius 2 is 1.26 bits per heavy atom. The molecule has 152 valence electrons. The summed E-state index contributed by atoms with van der Waals surface area (Å²) in [5.41, 5.74) is 1.91. The fourth-order valence-electron chi connectivity index (χ4n) is 3.20. The van der Waals surface area contributed by atoms with Crippen LogP contribution in [0.3, 0.4) is 0 Å². The van der Waals surface area contributed by atoms with Gasteiger partial charge in [0.1, 0.15) is 0 Å². The minimum Gasteiger partial charge on any atom is -0.322 e. The number of carbonyl (C=O) groups is 2. The molecule has 31 heavy (non-hydrogen) atoms. The fraction of sp³-hybridized carbons (Fsp3) is 0. The van der Waals surface area contributed by atoms with E-state index in [1.54, 1.807) is 30.3 Å². The Morgan fingerprint density at radius 3 is 1.94 bits per heavy atom. The average molecular weight is 411 g/mol. The molecule has 0 spiro atoms. The average Bonchev–Trinajstić information content (AvgIpc) is 2.79. The third-order valence-corrected chi connectivity index (χ3v) is 4.78. The second kappa shape index (κ2) is 8.46. The van der Waals surface area contributed by atoms with Gasteiger partial charge in [-0.2, -0.15) is 0 Å². The molecule has 2 N–H and O–H groups in total. The number of nitrogens with zero attached hydrogens (tertiary/aromatic N) is 1. The number of nitro benzene ring substituents is 1. The van der Waals surface area contributed by atoms with Gasteiger partial charge in [-0.3, -0.25) is 19.7 Å². The van der Waals surface area contributed by atoms with E-state index in [4.69, 9.17) is 0 Å². The number of rotatable bonds is 5. The Kier molecular flexibility index (Phi) is 5.40. The third-order valence-electron chi connectivity index (χ3n) is 4.78. The summed E-state index contributed by atoms with van der Waals surface area (Å²) in [6.07, 6.45) is 0. The summed E-state index contributed by atoms with van der Waals surface area (Å²) < 4.78 is 0. The molecule has 4 rings (SSSR count). The van der Waals surface area contributed by atoms with Crippen molar-refractivity contribution in [1.82, 2.24) is 0 Å². The first-order valence-corrected chi connectivity index (χ1v) is 9.46. The minimum atomic E-state index is -0.503. The van der Waals surface area contributed by atoms with E-state index in [0.717, 1.165) is 10.8 Å². The van der Waals surface area contributed by atoms with Crippen molar-refractivity contribution in [2.75, 3.05) is 10.6 Å². The van der Waals surface area contributed by atoms with E-state index in [0.29, 0.717) is 22.5 Å². The predicted octanol–water partition coefficient (Wildman–Crippen LogP) is 5.25. The number of nitro groups is 1. The molecule has 0 aliphatic carbocycles. The number of carbonyl (C=O) groups excluding carboxylic acids is 2. The summed E-state index contributed by atoms with van der Waals surface area (Å²) in [4.78, 5) is 35.3. The van der Waals surface area contributed by atoms with E-state index in [-0.39, 0.29) is 17.5 Å². The first-order chi connectivity index (χ1) is 15.0. The van der Waals surface area contributed by atoms with Crippen molar-refractivity contribution in [3.8, 4) is 0 Å². The summed E-state index contributed by atoms with van der Waals surface area (Å²) in [5.74, 6) is -0.597. The van der Waals surface area contributed by atoms with E-state index in [2.05, 4.69) is 10.6 Å². The molecular formula is C24H17N3O4. The number of anilines is 2. The van der Waals surface area contributed by atoms with Crippen molar-refractivity contribution in [3.05, 3.63) is 112 Å². The van der Waals surface area contributed by atoms with Crippen LogP contribution in [0.1, 0.15) is 20.7 Å². The van der Waals surface area contributed by atoms with Crippen molar-refractivity contribution in [1.29, 1.82) is 0 Å². The van der Waals surface area contributed by atoms with Gasteiger partial charge in [-0.15, -0.1) is 0 Å². The van der Waals surface area contributed by atoms with Gasteiger partial charge in [0.2, 0.25) is 0 Å². The Hall–Kier alpha value is -4.52. The maximum absolute atomic E-state index is 12.7. The Bertz CT molecular complexity index is 1280. The van der Waals surface area contributed by atoms with Crippen molar-refractivity contribution >= 4 is 39.6 Å². The van der Waals surface area contributed by atoms with Crippen molar-refractivity contribution < 1.29 is 14.5 Å². The zero-order chi connectivity index (χ0) is 21.8. The number of nitrogens with one attached hydrogen (secondary N) is 2. The lowest BCUT2D eigenvalue weighted by Gasteiger charge is -2.09. The van der Waals surface area contributed by atoms with Gasteiger partial charge in [0.15, 0.2) is 0 Å². The summed E-state index contributed by atoms with van der Waals surface area (Å²) >= 11 is 0. The van der Waals surface area contributed by atoms with Crippen LogP contribution in [0, 0.1) is 10.1 Å². The van der Waals surface area contributed by atoms with E-state index in [1.807, 2.05) is 36.4 Å². The SMILES string of the molecule is O=C(Nc1ccc([N+](=O)[O-])cc1)c1ccc(NC(=O)c2cccc3ccccc23)cc1. The predicted molar refractivity (Wildman–Crippen MR) is 119 cm³/mol. The first kappa shape index (κ1) is 19.8. The lowest BCUT2D eigenvalue weighted by atomic mass is 10.0.